The number of nitrogens with zero attached hydrogens (tertiary/aromatic N) is 3. The number of aryl methyl sites for hydroxylation is 1. The van der Waals surface area contributed by atoms with Crippen LogP contribution in [0.15, 0.2) is 34.1 Å². The van der Waals surface area contributed by atoms with Gasteiger partial charge in [-0.2, -0.15) is 5.10 Å². The van der Waals surface area contributed by atoms with Crippen molar-refractivity contribution < 1.29 is 12.9 Å². The van der Waals surface area contributed by atoms with Crippen LogP contribution in [-0.2, 0) is 23.1 Å². The molecule has 8 nitrogen and oxygen atoms in total. The molecular formula is C10H15N5O3S. The number of hydrogen-bond donors (Lipinski definition) is 2. The standard InChI is InChI=1S/C10H15N5O3S/c11-3-1-4-15-8-10(7-12-15)19(16,17)13-6-9-2-5-18-14-9/h2,5,7-8,13H,1,3-4,6,11H2. The smallest absolute Gasteiger partial charge is 0.244 e. The second kappa shape index (κ2) is 5.95. The lowest BCUT2D eigenvalue weighted by Gasteiger charge is -2.02. The fourth-order valence-corrected chi connectivity index (χ4v) is 2.39. The summed E-state index contributed by atoms with van der Waals surface area (Å²) in [7, 11) is -3.59. The van der Waals surface area contributed by atoms with Crippen LogP contribution in [0.4, 0.5) is 0 Å². The van der Waals surface area contributed by atoms with Crippen LogP contribution in [0.3, 0.4) is 0 Å². The van der Waals surface area contributed by atoms with E-state index < -0.39 is 10.0 Å². The average Bonchev–Trinajstić information content (AvgIpc) is 3.05. The quantitative estimate of drug-likeness (QED) is 0.721. The van der Waals surface area contributed by atoms with E-state index in [4.69, 9.17) is 5.73 Å². The maximum absolute atomic E-state index is 12.0. The minimum atomic E-state index is -3.59. The molecule has 0 aromatic carbocycles. The lowest BCUT2D eigenvalue weighted by molar-refractivity contribution is 0.411. The van der Waals surface area contributed by atoms with E-state index in [0.717, 1.165) is 6.42 Å². The van der Waals surface area contributed by atoms with Gasteiger partial charge in [-0.15, -0.1) is 0 Å². The summed E-state index contributed by atoms with van der Waals surface area (Å²) in [5.41, 5.74) is 5.90. The van der Waals surface area contributed by atoms with Crippen molar-refractivity contribution in [2.75, 3.05) is 6.54 Å². The van der Waals surface area contributed by atoms with Crippen LogP contribution in [-0.4, -0.2) is 29.9 Å². The van der Waals surface area contributed by atoms with Gasteiger partial charge in [0.25, 0.3) is 0 Å². The zero-order valence-electron chi connectivity index (χ0n) is 10.2. The van der Waals surface area contributed by atoms with Gasteiger partial charge in [0.2, 0.25) is 10.0 Å². The Labute approximate surface area is 110 Å². The highest BCUT2D eigenvalue weighted by Gasteiger charge is 2.16. The number of aromatic nitrogens is 3. The Morgan fingerprint density at radius 3 is 3.00 bits per heavy atom. The molecule has 19 heavy (non-hydrogen) atoms. The molecule has 2 aromatic heterocycles. The summed E-state index contributed by atoms with van der Waals surface area (Å²) in [4.78, 5) is 0.119. The van der Waals surface area contributed by atoms with E-state index in [9.17, 15) is 8.42 Å². The molecule has 0 aliphatic carbocycles. The second-order valence-electron chi connectivity index (χ2n) is 3.90. The van der Waals surface area contributed by atoms with Crippen molar-refractivity contribution in [3.8, 4) is 0 Å². The number of hydrogen-bond acceptors (Lipinski definition) is 6. The molecular weight excluding hydrogens is 270 g/mol. The van der Waals surface area contributed by atoms with E-state index in [1.165, 1.54) is 18.7 Å². The van der Waals surface area contributed by atoms with Crippen molar-refractivity contribution in [1.82, 2.24) is 19.7 Å². The minimum absolute atomic E-state index is 0.0762. The molecule has 0 aliphatic heterocycles. The summed E-state index contributed by atoms with van der Waals surface area (Å²) in [6.45, 7) is 1.20. The summed E-state index contributed by atoms with van der Waals surface area (Å²) >= 11 is 0. The van der Waals surface area contributed by atoms with E-state index in [0.29, 0.717) is 18.8 Å². The molecule has 0 bridgehead atoms. The maximum atomic E-state index is 12.0. The minimum Gasteiger partial charge on any atom is -0.364 e. The van der Waals surface area contributed by atoms with Crippen LogP contribution >= 0.6 is 0 Å². The van der Waals surface area contributed by atoms with E-state index in [-0.39, 0.29) is 11.4 Å². The summed E-state index contributed by atoms with van der Waals surface area (Å²) < 4.78 is 32.5. The molecule has 0 spiro atoms. The van der Waals surface area contributed by atoms with Crippen molar-refractivity contribution in [3.05, 3.63) is 30.4 Å². The first-order chi connectivity index (χ1) is 9.12. The Bertz CT molecular complexity index is 605. The molecule has 0 amide bonds. The topological polar surface area (TPSA) is 116 Å². The SMILES string of the molecule is NCCCn1cc(S(=O)(=O)NCc2ccon2)cn1. The third kappa shape index (κ3) is 3.63. The van der Waals surface area contributed by atoms with Gasteiger partial charge in [0.1, 0.15) is 11.2 Å². The van der Waals surface area contributed by atoms with Crippen molar-refractivity contribution in [3.63, 3.8) is 0 Å². The lowest BCUT2D eigenvalue weighted by Crippen LogP contribution is -2.23. The van der Waals surface area contributed by atoms with E-state index in [2.05, 4.69) is 19.5 Å². The largest absolute Gasteiger partial charge is 0.364 e. The number of rotatable bonds is 7. The molecule has 0 unspecified atom stereocenters. The number of nitrogens with two attached hydrogens (primary N) is 1. The van der Waals surface area contributed by atoms with Gasteiger partial charge in [0, 0.05) is 18.8 Å². The van der Waals surface area contributed by atoms with Crippen LogP contribution in [0.5, 0.6) is 0 Å². The van der Waals surface area contributed by atoms with Crippen molar-refractivity contribution in [1.29, 1.82) is 0 Å². The molecule has 0 aliphatic rings. The highest BCUT2D eigenvalue weighted by atomic mass is 32.2. The second-order valence-corrected chi connectivity index (χ2v) is 5.66. The van der Waals surface area contributed by atoms with Crippen molar-refractivity contribution in [2.45, 2.75) is 24.4 Å². The van der Waals surface area contributed by atoms with Gasteiger partial charge in [-0.1, -0.05) is 5.16 Å². The number of nitrogens with one attached hydrogen (secondary N) is 1. The predicted molar refractivity (Wildman–Crippen MR) is 66.4 cm³/mol. The molecule has 2 aromatic rings. The highest BCUT2D eigenvalue weighted by molar-refractivity contribution is 7.89. The molecule has 9 heteroatoms. The van der Waals surface area contributed by atoms with Gasteiger partial charge in [0.15, 0.2) is 0 Å². The molecule has 0 atom stereocenters. The van der Waals surface area contributed by atoms with Gasteiger partial charge >= 0.3 is 0 Å². The molecule has 0 saturated carbocycles. The van der Waals surface area contributed by atoms with E-state index in [1.807, 2.05) is 0 Å². The average molecular weight is 285 g/mol. The lowest BCUT2D eigenvalue weighted by atomic mass is 10.4. The summed E-state index contributed by atoms with van der Waals surface area (Å²) in [5, 5.41) is 7.59. The molecule has 3 N–H and O–H groups in total. The molecule has 0 fully saturated rings. The van der Waals surface area contributed by atoms with E-state index >= 15 is 0 Å². The normalized spacial score (nSPS) is 11.8. The molecule has 2 rings (SSSR count). The van der Waals surface area contributed by atoms with Crippen LogP contribution < -0.4 is 10.5 Å². The first-order valence-electron chi connectivity index (χ1n) is 5.73. The van der Waals surface area contributed by atoms with Gasteiger partial charge in [0.05, 0.1) is 18.4 Å². The Morgan fingerprint density at radius 2 is 2.32 bits per heavy atom. The van der Waals surface area contributed by atoms with Crippen molar-refractivity contribution >= 4 is 10.0 Å². The van der Waals surface area contributed by atoms with Gasteiger partial charge in [-0.25, -0.2) is 13.1 Å². The zero-order valence-corrected chi connectivity index (χ0v) is 11.0. The first-order valence-corrected chi connectivity index (χ1v) is 7.21. The fourth-order valence-electron chi connectivity index (χ4n) is 1.44. The zero-order chi connectivity index (χ0) is 13.7. The van der Waals surface area contributed by atoms with Gasteiger partial charge in [-0.3, -0.25) is 4.68 Å². The van der Waals surface area contributed by atoms with Crippen LogP contribution in [0.25, 0.3) is 0 Å². The van der Waals surface area contributed by atoms with E-state index in [1.54, 1.807) is 10.7 Å². The maximum Gasteiger partial charge on any atom is 0.244 e. The molecule has 104 valence electrons. The fraction of sp³-hybridized carbons (Fsp3) is 0.400. The highest BCUT2D eigenvalue weighted by Crippen LogP contribution is 2.08. The Balaban J connectivity index is 2.00. The van der Waals surface area contributed by atoms with Crippen LogP contribution in [0.1, 0.15) is 12.1 Å². The molecule has 2 heterocycles. The summed E-state index contributed by atoms with van der Waals surface area (Å²) in [6, 6.07) is 1.59. The molecule has 0 saturated heterocycles. The van der Waals surface area contributed by atoms with Crippen LogP contribution in [0, 0.1) is 0 Å². The predicted octanol–water partition coefficient (Wildman–Crippen LogP) is -0.302. The Morgan fingerprint density at radius 1 is 1.47 bits per heavy atom. The van der Waals surface area contributed by atoms with Gasteiger partial charge < -0.3 is 10.3 Å². The third-order valence-electron chi connectivity index (χ3n) is 2.45. The Kier molecular flexibility index (Phi) is 4.30. The van der Waals surface area contributed by atoms with Gasteiger partial charge in [-0.05, 0) is 13.0 Å². The van der Waals surface area contributed by atoms with Crippen LogP contribution in [0.2, 0.25) is 0 Å². The first kappa shape index (κ1) is 13.7. The summed E-state index contributed by atoms with van der Waals surface area (Å²) in [6.07, 6.45) is 4.91. The molecule has 0 radical (unpaired) electrons. The number of sulfonamides is 1. The van der Waals surface area contributed by atoms with Crippen molar-refractivity contribution in [2.24, 2.45) is 5.73 Å². The third-order valence-corrected chi connectivity index (χ3v) is 3.80. The summed E-state index contributed by atoms with van der Waals surface area (Å²) in [5.74, 6) is 0. The monoisotopic (exact) mass is 285 g/mol. The Hall–Kier alpha value is -1.71.